The number of aromatic nitrogens is 2. The zero-order valence-corrected chi connectivity index (χ0v) is 12.1. The lowest BCUT2D eigenvalue weighted by molar-refractivity contribution is 0.173. The summed E-state index contributed by atoms with van der Waals surface area (Å²) >= 11 is 6.28. The fourth-order valence-electron chi connectivity index (χ4n) is 2.22. The number of nitrogens with zero attached hydrogens (tertiary/aromatic N) is 2. The summed E-state index contributed by atoms with van der Waals surface area (Å²) in [5.74, 6) is 0. The number of rotatable bonds is 5. The third kappa shape index (κ3) is 3.37. The molecule has 1 aromatic carbocycles. The summed E-state index contributed by atoms with van der Waals surface area (Å²) in [5, 5.41) is 15.2. The van der Waals surface area contributed by atoms with E-state index >= 15 is 0 Å². The number of aliphatic hydroxyl groups is 1. The van der Waals surface area contributed by atoms with Crippen LogP contribution >= 0.6 is 11.6 Å². The average molecular weight is 279 g/mol. The van der Waals surface area contributed by atoms with E-state index < -0.39 is 6.10 Å². The third-order valence-electron chi connectivity index (χ3n) is 3.25. The van der Waals surface area contributed by atoms with Crippen molar-refractivity contribution in [3.8, 4) is 0 Å². The largest absolute Gasteiger partial charge is 0.392 e. The van der Waals surface area contributed by atoms with E-state index in [1.54, 1.807) is 4.68 Å². The molecule has 1 atom stereocenters. The summed E-state index contributed by atoms with van der Waals surface area (Å²) in [7, 11) is 1.87. The van der Waals surface area contributed by atoms with Crippen LogP contribution in [0.3, 0.4) is 0 Å². The monoisotopic (exact) mass is 278 g/mol. The first-order valence-corrected chi connectivity index (χ1v) is 6.91. The predicted octanol–water partition coefficient (Wildman–Crippen LogP) is 2.78. The second kappa shape index (κ2) is 6.22. The molecule has 4 heteroatoms. The van der Waals surface area contributed by atoms with Crippen LogP contribution < -0.4 is 0 Å². The molecule has 102 valence electrons. The van der Waals surface area contributed by atoms with Gasteiger partial charge in [-0.2, -0.15) is 5.10 Å². The maximum atomic E-state index is 10.2. The van der Waals surface area contributed by atoms with Gasteiger partial charge in [-0.05, 0) is 18.4 Å². The molecule has 0 aliphatic rings. The molecule has 0 amide bonds. The van der Waals surface area contributed by atoms with Gasteiger partial charge < -0.3 is 5.11 Å². The first kappa shape index (κ1) is 14.1. The summed E-state index contributed by atoms with van der Waals surface area (Å²) in [4.78, 5) is 0. The Morgan fingerprint density at radius 1 is 1.26 bits per heavy atom. The van der Waals surface area contributed by atoms with Gasteiger partial charge in [-0.3, -0.25) is 4.68 Å². The second-order valence-electron chi connectivity index (χ2n) is 4.73. The van der Waals surface area contributed by atoms with Crippen molar-refractivity contribution in [3.05, 3.63) is 52.3 Å². The van der Waals surface area contributed by atoms with Crippen molar-refractivity contribution in [2.75, 3.05) is 0 Å². The Morgan fingerprint density at radius 2 is 1.95 bits per heavy atom. The van der Waals surface area contributed by atoms with Crippen LogP contribution in [0.25, 0.3) is 0 Å². The fourth-order valence-corrected chi connectivity index (χ4v) is 2.59. The second-order valence-corrected chi connectivity index (χ2v) is 5.11. The molecular formula is C15H19ClN2O. The minimum absolute atomic E-state index is 0.444. The standard InChI is InChI=1S/C15H19ClN2O/c1-3-13-15(16)14(18(2)17-13)10-12(19)9-11-7-5-4-6-8-11/h4-8,12,19H,3,9-10H2,1-2H3. The highest BCUT2D eigenvalue weighted by molar-refractivity contribution is 6.31. The molecular weight excluding hydrogens is 260 g/mol. The Bertz CT molecular complexity index is 537. The average Bonchev–Trinajstić information content (AvgIpc) is 2.67. The SMILES string of the molecule is CCc1nn(C)c(CC(O)Cc2ccccc2)c1Cl. The van der Waals surface area contributed by atoms with E-state index in [1.807, 2.05) is 44.3 Å². The molecule has 0 aliphatic carbocycles. The normalized spacial score (nSPS) is 12.6. The van der Waals surface area contributed by atoms with E-state index in [0.29, 0.717) is 17.9 Å². The van der Waals surface area contributed by atoms with E-state index in [0.717, 1.165) is 23.4 Å². The number of halogens is 1. The van der Waals surface area contributed by atoms with Gasteiger partial charge >= 0.3 is 0 Å². The van der Waals surface area contributed by atoms with Gasteiger partial charge in [0.1, 0.15) is 0 Å². The minimum atomic E-state index is -0.444. The summed E-state index contributed by atoms with van der Waals surface area (Å²) in [6.07, 6.45) is 1.52. The van der Waals surface area contributed by atoms with Crippen LogP contribution in [0.1, 0.15) is 23.9 Å². The number of hydrogen-bond donors (Lipinski definition) is 1. The summed E-state index contributed by atoms with van der Waals surface area (Å²) in [6.45, 7) is 2.03. The lowest BCUT2D eigenvalue weighted by Gasteiger charge is -2.11. The van der Waals surface area contributed by atoms with Gasteiger partial charge in [-0.25, -0.2) is 0 Å². The Labute approximate surface area is 118 Å². The van der Waals surface area contributed by atoms with Gasteiger partial charge in [0.25, 0.3) is 0 Å². The van der Waals surface area contributed by atoms with Crippen molar-refractivity contribution < 1.29 is 5.11 Å². The van der Waals surface area contributed by atoms with Crippen molar-refractivity contribution in [2.24, 2.45) is 7.05 Å². The van der Waals surface area contributed by atoms with Crippen LogP contribution in [0.4, 0.5) is 0 Å². The maximum Gasteiger partial charge on any atom is 0.0850 e. The molecule has 3 nitrogen and oxygen atoms in total. The van der Waals surface area contributed by atoms with Crippen molar-refractivity contribution >= 4 is 11.6 Å². The minimum Gasteiger partial charge on any atom is -0.392 e. The maximum absolute atomic E-state index is 10.2. The highest BCUT2D eigenvalue weighted by Gasteiger charge is 2.16. The van der Waals surface area contributed by atoms with E-state index in [9.17, 15) is 5.11 Å². The zero-order chi connectivity index (χ0) is 13.8. The Balaban J connectivity index is 2.07. The Kier molecular flexibility index (Phi) is 4.61. The van der Waals surface area contributed by atoms with E-state index in [2.05, 4.69) is 5.10 Å². The molecule has 0 aliphatic heterocycles. The molecule has 0 saturated heterocycles. The molecule has 19 heavy (non-hydrogen) atoms. The molecule has 0 spiro atoms. The lowest BCUT2D eigenvalue weighted by Crippen LogP contribution is -2.16. The fraction of sp³-hybridized carbons (Fsp3) is 0.400. The van der Waals surface area contributed by atoms with Crippen molar-refractivity contribution in [1.29, 1.82) is 0 Å². The molecule has 1 aromatic heterocycles. The summed E-state index contributed by atoms with van der Waals surface area (Å²) < 4.78 is 1.77. The molecule has 2 rings (SSSR count). The molecule has 1 unspecified atom stereocenters. The van der Waals surface area contributed by atoms with Crippen LogP contribution in [-0.4, -0.2) is 21.0 Å². The quantitative estimate of drug-likeness (QED) is 0.913. The van der Waals surface area contributed by atoms with Gasteiger partial charge in [-0.1, -0.05) is 48.9 Å². The van der Waals surface area contributed by atoms with Crippen LogP contribution in [0.5, 0.6) is 0 Å². The van der Waals surface area contributed by atoms with Gasteiger partial charge in [0.05, 0.1) is 22.5 Å². The molecule has 0 saturated carbocycles. The van der Waals surface area contributed by atoms with E-state index in [1.165, 1.54) is 0 Å². The third-order valence-corrected chi connectivity index (χ3v) is 3.68. The molecule has 2 aromatic rings. The first-order chi connectivity index (χ1) is 9.11. The number of aliphatic hydroxyl groups excluding tert-OH is 1. The molecule has 0 fully saturated rings. The smallest absolute Gasteiger partial charge is 0.0850 e. The van der Waals surface area contributed by atoms with Crippen LogP contribution in [0.15, 0.2) is 30.3 Å². The molecule has 0 radical (unpaired) electrons. The van der Waals surface area contributed by atoms with E-state index in [-0.39, 0.29) is 0 Å². The Morgan fingerprint density at radius 3 is 2.53 bits per heavy atom. The summed E-state index contributed by atoms with van der Waals surface area (Å²) in [6, 6.07) is 9.97. The van der Waals surface area contributed by atoms with Crippen LogP contribution in [-0.2, 0) is 26.3 Å². The van der Waals surface area contributed by atoms with E-state index in [4.69, 9.17) is 11.6 Å². The lowest BCUT2D eigenvalue weighted by atomic mass is 10.0. The number of aryl methyl sites for hydroxylation is 2. The van der Waals surface area contributed by atoms with Crippen molar-refractivity contribution in [1.82, 2.24) is 9.78 Å². The topological polar surface area (TPSA) is 38.0 Å². The molecule has 1 heterocycles. The van der Waals surface area contributed by atoms with Crippen LogP contribution in [0, 0.1) is 0 Å². The highest BCUT2D eigenvalue weighted by Crippen LogP contribution is 2.22. The van der Waals surface area contributed by atoms with Gasteiger partial charge in [0.15, 0.2) is 0 Å². The predicted molar refractivity (Wildman–Crippen MR) is 77.5 cm³/mol. The van der Waals surface area contributed by atoms with Gasteiger partial charge in [0.2, 0.25) is 0 Å². The highest BCUT2D eigenvalue weighted by atomic mass is 35.5. The number of benzene rings is 1. The first-order valence-electron chi connectivity index (χ1n) is 6.54. The molecule has 1 N–H and O–H groups in total. The van der Waals surface area contributed by atoms with Gasteiger partial charge in [0, 0.05) is 13.5 Å². The molecule has 0 bridgehead atoms. The van der Waals surface area contributed by atoms with Crippen LogP contribution in [0.2, 0.25) is 5.02 Å². The van der Waals surface area contributed by atoms with Crippen molar-refractivity contribution in [3.63, 3.8) is 0 Å². The zero-order valence-electron chi connectivity index (χ0n) is 11.3. The van der Waals surface area contributed by atoms with Gasteiger partial charge in [-0.15, -0.1) is 0 Å². The Hall–Kier alpha value is -1.32. The van der Waals surface area contributed by atoms with Crippen molar-refractivity contribution in [2.45, 2.75) is 32.3 Å². The number of hydrogen-bond acceptors (Lipinski definition) is 2. The summed E-state index contributed by atoms with van der Waals surface area (Å²) in [5.41, 5.74) is 2.93.